The van der Waals surface area contributed by atoms with Crippen LogP contribution in [0.5, 0.6) is 0 Å². The molecule has 2 aromatic heterocycles. The van der Waals surface area contributed by atoms with Gasteiger partial charge in [-0.3, -0.25) is 9.58 Å². The molecular formula is C26H33N5O2S2. The Hall–Kier alpha value is -2.75. The summed E-state index contributed by atoms with van der Waals surface area (Å²) in [5.74, 6) is -0.318. The molecule has 1 aliphatic heterocycles. The number of anilines is 1. The average molecular weight is 512 g/mol. The molecule has 0 saturated carbocycles. The third-order valence-electron chi connectivity index (χ3n) is 6.28. The number of ether oxygens (including phenoxy) is 1. The second-order valence-electron chi connectivity index (χ2n) is 8.60. The Bertz CT molecular complexity index is 1150. The predicted octanol–water partition coefficient (Wildman–Crippen LogP) is 4.56. The molecule has 0 atom stereocenters. The zero-order chi connectivity index (χ0) is 24.8. The summed E-state index contributed by atoms with van der Waals surface area (Å²) in [7, 11) is 0. The van der Waals surface area contributed by atoms with Gasteiger partial charge in [-0.25, -0.2) is 4.79 Å². The van der Waals surface area contributed by atoms with Crippen molar-refractivity contribution in [2.45, 2.75) is 40.3 Å². The third-order valence-corrected chi connectivity index (χ3v) is 7.69. The fourth-order valence-electron chi connectivity index (χ4n) is 4.26. The molecular weight excluding hydrogens is 478 g/mol. The minimum atomic E-state index is -0.318. The molecule has 1 aliphatic rings. The summed E-state index contributed by atoms with van der Waals surface area (Å²) >= 11 is 7.31. The van der Waals surface area contributed by atoms with Gasteiger partial charge in [0.1, 0.15) is 5.00 Å². The Labute approximate surface area is 216 Å². The van der Waals surface area contributed by atoms with Crippen molar-refractivity contribution in [1.82, 2.24) is 19.6 Å². The maximum absolute atomic E-state index is 12.6. The monoisotopic (exact) mass is 511 g/mol. The molecule has 0 bridgehead atoms. The van der Waals surface area contributed by atoms with Gasteiger partial charge in [0.2, 0.25) is 0 Å². The fraction of sp³-hybridized carbons (Fsp3) is 0.423. The number of hydrogen-bond donors (Lipinski definition) is 1. The molecule has 1 N–H and O–H groups in total. The predicted molar refractivity (Wildman–Crippen MR) is 145 cm³/mol. The number of hydrogen-bond acceptors (Lipinski definition) is 6. The van der Waals surface area contributed by atoms with Crippen LogP contribution in [-0.2, 0) is 24.2 Å². The number of benzene rings is 1. The van der Waals surface area contributed by atoms with Crippen LogP contribution in [0.25, 0.3) is 0 Å². The molecule has 1 aromatic carbocycles. The molecule has 0 unspecified atom stereocenters. The quantitative estimate of drug-likeness (QED) is 0.352. The first kappa shape index (κ1) is 25.3. The highest BCUT2D eigenvalue weighted by atomic mass is 32.1. The number of aromatic nitrogens is 2. The van der Waals surface area contributed by atoms with E-state index in [1.165, 1.54) is 16.8 Å². The zero-order valence-electron chi connectivity index (χ0n) is 20.6. The first-order chi connectivity index (χ1) is 17.0. The molecule has 1 fully saturated rings. The van der Waals surface area contributed by atoms with Gasteiger partial charge < -0.3 is 15.0 Å². The molecule has 3 heterocycles. The highest BCUT2D eigenvalue weighted by Crippen LogP contribution is 2.31. The normalized spacial score (nSPS) is 14.2. The standard InChI is InChI=1S/C26H33N5O2S2/c1-4-31-19(3)21(17-27-31)18-29-11-13-30(14-12-29)26(34)28-24-23(25(32)33-5-2)16-22(35-24)15-20-9-7-6-8-10-20/h6-10,16-17H,4-5,11-15,18H2,1-3H3,(H,28,34). The van der Waals surface area contributed by atoms with E-state index in [2.05, 4.69) is 46.2 Å². The molecule has 7 nitrogen and oxygen atoms in total. The van der Waals surface area contributed by atoms with Crippen molar-refractivity contribution in [2.75, 3.05) is 38.1 Å². The lowest BCUT2D eigenvalue weighted by atomic mass is 10.1. The van der Waals surface area contributed by atoms with E-state index in [0.29, 0.717) is 17.3 Å². The van der Waals surface area contributed by atoms with Crippen LogP contribution in [0.2, 0.25) is 0 Å². The molecule has 0 spiro atoms. The van der Waals surface area contributed by atoms with E-state index in [1.54, 1.807) is 11.3 Å². The van der Waals surface area contributed by atoms with Crippen LogP contribution in [-0.4, -0.2) is 63.4 Å². The summed E-state index contributed by atoms with van der Waals surface area (Å²) in [6.07, 6.45) is 2.75. The van der Waals surface area contributed by atoms with Crippen molar-refractivity contribution in [2.24, 2.45) is 0 Å². The van der Waals surface area contributed by atoms with Crippen LogP contribution in [0.3, 0.4) is 0 Å². The number of esters is 1. The van der Waals surface area contributed by atoms with Crippen LogP contribution in [0.1, 0.15) is 45.9 Å². The average Bonchev–Trinajstić information content (AvgIpc) is 3.42. The number of piperazine rings is 1. The number of rotatable bonds is 8. The second-order valence-corrected chi connectivity index (χ2v) is 10.1. The zero-order valence-corrected chi connectivity index (χ0v) is 22.3. The molecule has 9 heteroatoms. The van der Waals surface area contributed by atoms with Gasteiger partial charge in [-0.05, 0) is 44.6 Å². The minimum Gasteiger partial charge on any atom is -0.462 e. The smallest absolute Gasteiger partial charge is 0.341 e. The lowest BCUT2D eigenvalue weighted by Crippen LogP contribution is -2.49. The Morgan fingerprint density at radius 2 is 1.91 bits per heavy atom. The lowest BCUT2D eigenvalue weighted by Gasteiger charge is -2.36. The van der Waals surface area contributed by atoms with Crippen LogP contribution >= 0.6 is 23.6 Å². The number of thiophene rings is 1. The summed E-state index contributed by atoms with van der Waals surface area (Å²) in [5.41, 5.74) is 4.27. The lowest BCUT2D eigenvalue weighted by molar-refractivity contribution is 0.0528. The summed E-state index contributed by atoms with van der Waals surface area (Å²) in [4.78, 5) is 18.3. The van der Waals surface area contributed by atoms with Crippen molar-refractivity contribution >= 4 is 39.6 Å². The topological polar surface area (TPSA) is 62.6 Å². The first-order valence-electron chi connectivity index (χ1n) is 12.1. The summed E-state index contributed by atoms with van der Waals surface area (Å²) in [6.45, 7) is 11.7. The van der Waals surface area contributed by atoms with E-state index in [9.17, 15) is 4.79 Å². The number of carbonyl (C=O) groups excluding carboxylic acids is 1. The van der Waals surface area contributed by atoms with Crippen molar-refractivity contribution in [3.63, 3.8) is 0 Å². The summed E-state index contributed by atoms with van der Waals surface area (Å²) in [6, 6.07) is 12.2. The maximum Gasteiger partial charge on any atom is 0.341 e. The van der Waals surface area contributed by atoms with Crippen LogP contribution in [0.15, 0.2) is 42.6 Å². The van der Waals surface area contributed by atoms with Crippen LogP contribution in [0.4, 0.5) is 5.00 Å². The van der Waals surface area contributed by atoms with Gasteiger partial charge >= 0.3 is 5.97 Å². The largest absolute Gasteiger partial charge is 0.462 e. The summed E-state index contributed by atoms with van der Waals surface area (Å²) in [5, 5.41) is 9.22. The van der Waals surface area contributed by atoms with E-state index >= 15 is 0 Å². The Morgan fingerprint density at radius 1 is 1.17 bits per heavy atom. The van der Waals surface area contributed by atoms with Gasteiger partial charge in [0, 0.05) is 61.8 Å². The minimum absolute atomic E-state index is 0.318. The molecule has 3 aromatic rings. The van der Waals surface area contributed by atoms with Crippen molar-refractivity contribution in [3.05, 3.63) is 69.9 Å². The maximum atomic E-state index is 12.6. The molecule has 35 heavy (non-hydrogen) atoms. The van der Waals surface area contributed by atoms with Crippen molar-refractivity contribution in [3.8, 4) is 0 Å². The highest BCUT2D eigenvalue weighted by molar-refractivity contribution is 7.80. The van der Waals surface area contributed by atoms with Crippen molar-refractivity contribution in [1.29, 1.82) is 0 Å². The first-order valence-corrected chi connectivity index (χ1v) is 13.3. The van der Waals surface area contributed by atoms with Gasteiger partial charge in [0.05, 0.1) is 18.4 Å². The number of nitrogens with zero attached hydrogens (tertiary/aromatic N) is 4. The SMILES string of the molecule is CCOC(=O)c1cc(Cc2ccccc2)sc1NC(=S)N1CCN(Cc2cnn(CC)c2C)CC1. The molecule has 1 saturated heterocycles. The number of aryl methyl sites for hydroxylation is 1. The molecule has 0 radical (unpaired) electrons. The van der Waals surface area contributed by atoms with E-state index in [0.717, 1.165) is 55.6 Å². The fourth-order valence-corrected chi connectivity index (χ4v) is 5.69. The molecule has 4 rings (SSSR count). The highest BCUT2D eigenvalue weighted by Gasteiger charge is 2.23. The Morgan fingerprint density at radius 3 is 2.57 bits per heavy atom. The van der Waals surface area contributed by atoms with Gasteiger partial charge in [-0.1, -0.05) is 30.3 Å². The van der Waals surface area contributed by atoms with E-state index in [4.69, 9.17) is 17.0 Å². The second kappa shape index (κ2) is 11.8. The van der Waals surface area contributed by atoms with E-state index in [1.807, 2.05) is 42.1 Å². The third kappa shape index (κ3) is 6.28. The van der Waals surface area contributed by atoms with Crippen molar-refractivity contribution < 1.29 is 9.53 Å². The van der Waals surface area contributed by atoms with Gasteiger partial charge in [-0.15, -0.1) is 11.3 Å². The molecule has 0 amide bonds. The molecule has 186 valence electrons. The number of carbonyl (C=O) groups is 1. The Kier molecular flexibility index (Phi) is 8.54. The van der Waals surface area contributed by atoms with Gasteiger partial charge in [0.15, 0.2) is 5.11 Å². The van der Waals surface area contributed by atoms with Crippen LogP contribution < -0.4 is 5.32 Å². The van der Waals surface area contributed by atoms with Gasteiger partial charge in [-0.2, -0.15) is 5.10 Å². The van der Waals surface area contributed by atoms with E-state index in [-0.39, 0.29) is 5.97 Å². The summed E-state index contributed by atoms with van der Waals surface area (Å²) < 4.78 is 7.35. The molecule has 0 aliphatic carbocycles. The Balaban J connectivity index is 1.38. The van der Waals surface area contributed by atoms with Gasteiger partial charge in [0.25, 0.3) is 0 Å². The number of nitrogens with one attached hydrogen (secondary N) is 1. The van der Waals surface area contributed by atoms with E-state index < -0.39 is 0 Å². The number of thiocarbonyl (C=S) groups is 1. The van der Waals surface area contributed by atoms with Crippen LogP contribution in [0, 0.1) is 6.92 Å².